The number of benzene rings is 4. The van der Waals surface area contributed by atoms with E-state index < -0.39 is 5.92 Å². The number of hydrogen-bond acceptors (Lipinski definition) is 9. The van der Waals surface area contributed by atoms with Crippen molar-refractivity contribution in [1.82, 2.24) is 0 Å². The Morgan fingerprint density at radius 1 is 0.803 bits per heavy atom. The molecule has 2 amide bonds. The van der Waals surface area contributed by atoms with Crippen molar-refractivity contribution in [1.29, 1.82) is 10.5 Å². The Balaban J connectivity index is 0.000000236. The van der Waals surface area contributed by atoms with Crippen LogP contribution in [0.5, 0.6) is 11.5 Å². The van der Waals surface area contributed by atoms with Crippen molar-refractivity contribution in [2.75, 3.05) is 34.6 Å². The maximum Gasteiger partial charge on any atom is 0.280 e. The topological polar surface area (TPSA) is 135 Å². The van der Waals surface area contributed by atoms with E-state index in [2.05, 4.69) is 62.7 Å². The van der Waals surface area contributed by atoms with Gasteiger partial charge in [-0.3, -0.25) is 9.59 Å². The van der Waals surface area contributed by atoms with E-state index in [0.717, 1.165) is 47.8 Å². The van der Waals surface area contributed by atoms with Crippen LogP contribution in [0.4, 0.5) is 17.1 Å². The van der Waals surface area contributed by atoms with Crippen molar-refractivity contribution in [3.05, 3.63) is 131 Å². The minimum absolute atomic E-state index is 0.103. The lowest BCUT2D eigenvalue weighted by atomic mass is 9.83. The summed E-state index contributed by atoms with van der Waals surface area (Å²) < 4.78 is 12.2. The van der Waals surface area contributed by atoms with Crippen LogP contribution < -0.4 is 24.4 Å². The average molecular weight is 818 g/mol. The normalized spacial score (nSPS) is 15.6. The summed E-state index contributed by atoms with van der Waals surface area (Å²) in [5, 5.41) is 29.5. The molecular weight excluding hydrogens is 763 g/mol. The molecule has 314 valence electrons. The number of hydrogen-bond donors (Lipinski definition) is 0. The number of anilines is 3. The number of allylic oxidation sites excluding steroid dienone is 1. The number of carbonyl (C=O) groups excluding carboxylic acids is 2. The Labute approximate surface area is 360 Å². The van der Waals surface area contributed by atoms with Gasteiger partial charge in [-0.1, -0.05) is 69.3 Å². The maximum absolute atomic E-state index is 12.9. The van der Waals surface area contributed by atoms with Crippen LogP contribution in [0.2, 0.25) is 0 Å². The molecule has 0 aliphatic carbocycles. The summed E-state index contributed by atoms with van der Waals surface area (Å²) >= 11 is 0. The highest BCUT2D eigenvalue weighted by atomic mass is 16.5. The molecule has 2 heterocycles. The predicted octanol–water partition coefficient (Wildman–Crippen LogP) is 10.3. The fourth-order valence-corrected chi connectivity index (χ4v) is 7.39. The summed E-state index contributed by atoms with van der Waals surface area (Å²) in [4.78, 5) is 28.0. The van der Waals surface area contributed by atoms with Crippen LogP contribution in [-0.4, -0.2) is 48.5 Å². The van der Waals surface area contributed by atoms with Crippen molar-refractivity contribution in [3.8, 4) is 23.6 Å². The zero-order valence-electron chi connectivity index (χ0n) is 36.6. The number of amides is 2. The third-order valence-corrected chi connectivity index (χ3v) is 9.92. The van der Waals surface area contributed by atoms with Crippen LogP contribution in [-0.2, 0) is 9.59 Å². The van der Waals surface area contributed by atoms with Crippen molar-refractivity contribution >= 4 is 46.4 Å². The number of aryl methyl sites for hydroxylation is 1. The fourth-order valence-electron chi connectivity index (χ4n) is 7.39. The van der Waals surface area contributed by atoms with Gasteiger partial charge in [-0.2, -0.15) is 30.7 Å². The maximum atomic E-state index is 12.9. The molecule has 6 rings (SSSR count). The van der Waals surface area contributed by atoms with E-state index in [1.165, 1.54) is 10.0 Å². The molecule has 0 radical (unpaired) electrons. The highest BCUT2D eigenvalue weighted by molar-refractivity contribution is 6.30. The van der Waals surface area contributed by atoms with Gasteiger partial charge in [0.15, 0.2) is 0 Å². The largest absolute Gasteiger partial charge is 0.492 e. The van der Waals surface area contributed by atoms with E-state index in [-0.39, 0.29) is 28.4 Å². The van der Waals surface area contributed by atoms with Gasteiger partial charge < -0.3 is 14.4 Å². The van der Waals surface area contributed by atoms with E-state index in [9.17, 15) is 9.59 Å². The van der Waals surface area contributed by atoms with Gasteiger partial charge in [-0.15, -0.1) is 0 Å². The monoisotopic (exact) mass is 817 g/mol. The highest BCUT2D eigenvalue weighted by Crippen LogP contribution is 2.32. The van der Waals surface area contributed by atoms with Gasteiger partial charge in [-0.05, 0) is 131 Å². The van der Waals surface area contributed by atoms with Crippen molar-refractivity contribution in [3.63, 3.8) is 0 Å². The Morgan fingerprint density at radius 2 is 1.39 bits per heavy atom. The zero-order chi connectivity index (χ0) is 44.3. The molecule has 61 heavy (non-hydrogen) atoms. The summed E-state index contributed by atoms with van der Waals surface area (Å²) in [5.41, 5.74) is 6.11. The third-order valence-electron chi connectivity index (χ3n) is 9.92. The lowest BCUT2D eigenvalue weighted by molar-refractivity contribution is -0.118. The van der Waals surface area contributed by atoms with Crippen molar-refractivity contribution < 1.29 is 19.1 Å². The Hall–Kier alpha value is -6.98. The quantitative estimate of drug-likeness (QED) is 0.0968. The molecule has 0 bridgehead atoms. The second-order valence-corrected chi connectivity index (χ2v) is 16.7. The van der Waals surface area contributed by atoms with Gasteiger partial charge in [0.2, 0.25) is 0 Å². The van der Waals surface area contributed by atoms with Crippen LogP contribution in [0.3, 0.4) is 0 Å². The molecule has 4 aromatic carbocycles. The lowest BCUT2D eigenvalue weighted by Gasteiger charge is -2.33. The number of rotatable bonds is 13. The van der Waals surface area contributed by atoms with E-state index in [0.29, 0.717) is 35.0 Å². The molecule has 2 aliphatic heterocycles. The number of nitriles is 2. The molecule has 0 aromatic heterocycles. The van der Waals surface area contributed by atoms with Crippen LogP contribution in [0, 0.1) is 40.9 Å². The van der Waals surface area contributed by atoms with Crippen molar-refractivity contribution in [2.24, 2.45) is 21.5 Å². The van der Waals surface area contributed by atoms with E-state index in [4.69, 9.17) is 20.0 Å². The molecule has 11 nitrogen and oxygen atoms in total. The van der Waals surface area contributed by atoms with Gasteiger partial charge >= 0.3 is 0 Å². The van der Waals surface area contributed by atoms with Crippen LogP contribution >= 0.6 is 0 Å². The molecule has 0 fully saturated rings. The predicted molar refractivity (Wildman–Crippen MR) is 245 cm³/mol. The molecule has 0 spiro atoms. The van der Waals surface area contributed by atoms with Gasteiger partial charge in [0.1, 0.15) is 41.4 Å². The first-order valence-corrected chi connectivity index (χ1v) is 20.4. The number of nitrogens with zero attached hydrogens (tertiary/aromatic N) is 7. The molecule has 4 aromatic rings. The first kappa shape index (κ1) is 45.1. The van der Waals surface area contributed by atoms with Gasteiger partial charge in [0.05, 0.1) is 40.8 Å². The minimum Gasteiger partial charge on any atom is -0.492 e. The van der Waals surface area contributed by atoms with Crippen LogP contribution in [0.1, 0.15) is 72.9 Å². The Bertz CT molecular complexity index is 2380. The second kappa shape index (κ2) is 19.8. The van der Waals surface area contributed by atoms with E-state index in [1.807, 2.05) is 116 Å². The first-order chi connectivity index (χ1) is 29.0. The molecule has 11 heteroatoms. The number of carbonyl (C=O) groups is 2. The third kappa shape index (κ3) is 12.1. The number of hydrazone groups is 2. The Morgan fingerprint density at radius 3 is 1.95 bits per heavy atom. The second-order valence-electron chi connectivity index (χ2n) is 16.7. The molecule has 1 atom stereocenters. The molecule has 1 unspecified atom stereocenters. The molecule has 0 N–H and O–H groups in total. The molecule has 0 saturated carbocycles. The Kier molecular flexibility index (Phi) is 14.7. The zero-order valence-corrected chi connectivity index (χ0v) is 36.6. The number of likely N-dealkylation sites (N-methyl/N-ethyl adjacent to an activating group) is 1. The minimum atomic E-state index is -0.579. The molecule has 0 saturated heterocycles. The van der Waals surface area contributed by atoms with Gasteiger partial charge in [0, 0.05) is 12.2 Å². The van der Waals surface area contributed by atoms with E-state index in [1.54, 1.807) is 26.0 Å². The number of ether oxygens (including phenoxy) is 2. The summed E-state index contributed by atoms with van der Waals surface area (Å²) in [6.07, 6.45) is 4.25. The molecule has 2 aliphatic rings. The standard InChI is InChI=1S/C29H37N3O2.C21H18N4O2/c1-8-32(25-10-9-24(22(2)17-25)18-23(19-30)20-31)15-16-33-26-11-13-27(14-12-26)34-29(6,7)21-28(3,4)5;1-14-18(20(26)24(22-14)16-9-5-3-6-10-16)13-19-15(2)23-25(21(19)27)17-11-7-4-8-12-17/h9-14,17-18H,8,15-16,21H2,1-7H3;3-13,18H,1-2H3/b;19-13-. The van der Waals surface area contributed by atoms with Crippen LogP contribution in [0.15, 0.2) is 131 Å². The summed E-state index contributed by atoms with van der Waals surface area (Å²) in [5.74, 6) is 0.666. The van der Waals surface area contributed by atoms with Crippen LogP contribution in [0.25, 0.3) is 6.08 Å². The van der Waals surface area contributed by atoms with E-state index >= 15 is 0 Å². The SMILES string of the molecule is CC1=NN(c2ccccc2)C(=O)/C1=C\C1C(=O)N(c2ccccc2)N=C1C.CCN(CCOc1ccc(OC(C)(C)CC(C)(C)C)cc1)c1ccc(C=C(C#N)C#N)c(C)c1. The van der Waals surface area contributed by atoms with Crippen molar-refractivity contribution in [2.45, 2.75) is 74.3 Å². The summed E-state index contributed by atoms with van der Waals surface area (Å²) in [6, 6.07) is 36.2. The smallest absolute Gasteiger partial charge is 0.280 e. The van der Waals surface area contributed by atoms with Gasteiger partial charge in [-0.25, -0.2) is 0 Å². The average Bonchev–Trinajstić information content (AvgIpc) is 3.68. The van der Waals surface area contributed by atoms with Gasteiger partial charge in [0.25, 0.3) is 11.8 Å². The number of para-hydroxylation sites is 2. The summed E-state index contributed by atoms with van der Waals surface area (Å²) in [7, 11) is 0. The molecular formula is C50H55N7O4. The highest BCUT2D eigenvalue weighted by Gasteiger charge is 2.37. The lowest BCUT2D eigenvalue weighted by Crippen LogP contribution is -2.33. The fraction of sp³-hybridized carbons (Fsp3) is 0.320. The summed E-state index contributed by atoms with van der Waals surface area (Å²) in [6.45, 7) is 20.7. The first-order valence-electron chi connectivity index (χ1n) is 20.4.